The number of carbonyl (C=O) groups is 2. The zero-order valence-corrected chi connectivity index (χ0v) is 19.3. The topological polar surface area (TPSA) is 118 Å². The van der Waals surface area contributed by atoms with E-state index in [0.717, 1.165) is 6.07 Å². The van der Waals surface area contributed by atoms with Crippen molar-refractivity contribution in [1.82, 2.24) is 15.0 Å². The summed E-state index contributed by atoms with van der Waals surface area (Å²) in [4.78, 5) is 32.3. The van der Waals surface area contributed by atoms with E-state index in [2.05, 4.69) is 15.5 Å². The number of anilines is 1. The van der Waals surface area contributed by atoms with Gasteiger partial charge < -0.3 is 24.6 Å². The summed E-state index contributed by atoms with van der Waals surface area (Å²) in [6, 6.07) is 7.80. The molecule has 10 heteroatoms. The number of rotatable bonds is 4. The van der Waals surface area contributed by atoms with Gasteiger partial charge in [-0.15, -0.1) is 0 Å². The number of amides is 2. The van der Waals surface area contributed by atoms with Gasteiger partial charge in [-0.1, -0.05) is 26.8 Å². The molecule has 1 aromatic carbocycles. The lowest BCUT2D eigenvalue weighted by molar-refractivity contribution is -0.121. The Bertz CT molecular complexity index is 1250. The molecule has 3 heterocycles. The van der Waals surface area contributed by atoms with Crippen molar-refractivity contribution in [1.29, 1.82) is 0 Å². The fourth-order valence-corrected chi connectivity index (χ4v) is 4.00. The number of carbonyl (C=O) groups excluding carboxylic acids is 2. The van der Waals surface area contributed by atoms with Crippen molar-refractivity contribution < 1.29 is 28.3 Å². The van der Waals surface area contributed by atoms with Crippen molar-refractivity contribution in [3.05, 3.63) is 64.8 Å². The Kier molecular flexibility index (Phi) is 5.99. The summed E-state index contributed by atoms with van der Waals surface area (Å²) >= 11 is 0. The second-order valence-electron chi connectivity index (χ2n) is 9.02. The van der Waals surface area contributed by atoms with E-state index in [1.807, 2.05) is 20.8 Å². The van der Waals surface area contributed by atoms with Crippen LogP contribution in [0.1, 0.15) is 54.2 Å². The molecule has 2 N–H and O–H groups in total. The smallest absolute Gasteiger partial charge is 0.293 e. The molecule has 0 radical (unpaired) electrons. The van der Waals surface area contributed by atoms with Crippen LogP contribution in [0.4, 0.5) is 10.1 Å². The zero-order valence-electron chi connectivity index (χ0n) is 19.3. The lowest BCUT2D eigenvalue weighted by atomic mass is 9.86. The van der Waals surface area contributed by atoms with E-state index >= 15 is 0 Å². The minimum Gasteiger partial charge on any atom is -0.491 e. The van der Waals surface area contributed by atoms with Gasteiger partial charge in [-0.05, 0) is 34.3 Å². The van der Waals surface area contributed by atoms with Gasteiger partial charge in [0, 0.05) is 30.3 Å². The summed E-state index contributed by atoms with van der Waals surface area (Å²) in [6.07, 6.45) is 0.372. The maximum absolute atomic E-state index is 14.7. The van der Waals surface area contributed by atoms with Crippen LogP contribution in [-0.2, 0) is 16.6 Å². The number of nitrogens with one attached hydrogen (secondary N) is 1. The molecule has 2 amide bonds. The minimum atomic E-state index is -1.08. The van der Waals surface area contributed by atoms with Gasteiger partial charge in [-0.2, -0.15) is 0 Å². The van der Waals surface area contributed by atoms with Crippen LogP contribution < -0.4 is 10.1 Å². The molecule has 9 nitrogen and oxygen atoms in total. The first-order valence-corrected chi connectivity index (χ1v) is 10.7. The van der Waals surface area contributed by atoms with E-state index in [-0.39, 0.29) is 18.0 Å². The van der Waals surface area contributed by atoms with Crippen LogP contribution in [0.2, 0.25) is 0 Å². The predicted octanol–water partition coefficient (Wildman–Crippen LogP) is 3.60. The molecule has 0 saturated carbocycles. The Morgan fingerprint density at radius 3 is 2.62 bits per heavy atom. The summed E-state index contributed by atoms with van der Waals surface area (Å²) in [6.45, 7) is 5.85. The third kappa shape index (κ3) is 4.43. The normalized spacial score (nSPS) is 15.6. The van der Waals surface area contributed by atoms with Crippen molar-refractivity contribution in [2.75, 3.05) is 19.0 Å². The molecular weight excluding hydrogens is 443 g/mol. The summed E-state index contributed by atoms with van der Waals surface area (Å²) in [7, 11) is 1.49. The predicted molar refractivity (Wildman–Crippen MR) is 120 cm³/mol. The van der Waals surface area contributed by atoms with E-state index in [1.54, 1.807) is 24.3 Å². The highest BCUT2D eigenvalue weighted by atomic mass is 19.1. The Hall–Kier alpha value is -3.95. The SMILES string of the molecule is COc1ccc2c(n1)CCN(C(=O)c1cc(O)no1)[C@H]2C(=O)Nc1ccc(C(C)(C)C)c(F)c1. The minimum absolute atomic E-state index is 0.156. The number of aromatic nitrogens is 2. The van der Waals surface area contributed by atoms with E-state index in [1.165, 1.54) is 18.1 Å². The Morgan fingerprint density at radius 2 is 2.00 bits per heavy atom. The lowest BCUT2D eigenvalue weighted by Crippen LogP contribution is -2.45. The quantitative estimate of drug-likeness (QED) is 0.601. The highest BCUT2D eigenvalue weighted by molar-refractivity contribution is 6.01. The number of fused-ring (bicyclic) bond motifs is 1. The average Bonchev–Trinajstić information content (AvgIpc) is 3.22. The number of aromatic hydroxyl groups is 1. The van der Waals surface area contributed by atoms with E-state index < -0.39 is 35.0 Å². The van der Waals surface area contributed by atoms with Crippen LogP contribution in [0.5, 0.6) is 11.8 Å². The number of methoxy groups -OCH3 is 1. The van der Waals surface area contributed by atoms with Gasteiger partial charge in [0.25, 0.3) is 17.7 Å². The Labute approximate surface area is 195 Å². The number of ether oxygens (including phenoxy) is 1. The van der Waals surface area contributed by atoms with E-state index in [0.29, 0.717) is 29.1 Å². The molecular formula is C24H25FN4O5. The highest BCUT2D eigenvalue weighted by Gasteiger charge is 2.38. The maximum Gasteiger partial charge on any atom is 0.293 e. The molecule has 2 aromatic heterocycles. The maximum atomic E-state index is 14.7. The number of pyridine rings is 1. The van der Waals surface area contributed by atoms with Gasteiger partial charge in [-0.25, -0.2) is 9.37 Å². The molecule has 0 saturated heterocycles. The van der Waals surface area contributed by atoms with Gasteiger partial charge in [0.2, 0.25) is 11.6 Å². The molecule has 1 atom stereocenters. The molecule has 34 heavy (non-hydrogen) atoms. The van der Waals surface area contributed by atoms with Crippen LogP contribution in [0.15, 0.2) is 40.9 Å². The summed E-state index contributed by atoms with van der Waals surface area (Å²) in [5, 5.41) is 15.5. The van der Waals surface area contributed by atoms with Crippen molar-refractivity contribution in [3.8, 4) is 11.8 Å². The highest BCUT2D eigenvalue weighted by Crippen LogP contribution is 2.33. The van der Waals surface area contributed by atoms with Crippen LogP contribution in [0, 0.1) is 5.82 Å². The third-order valence-corrected chi connectivity index (χ3v) is 5.65. The van der Waals surface area contributed by atoms with Gasteiger partial charge in [0.1, 0.15) is 11.9 Å². The second-order valence-corrected chi connectivity index (χ2v) is 9.02. The van der Waals surface area contributed by atoms with Gasteiger partial charge >= 0.3 is 0 Å². The number of nitrogens with zero attached hydrogens (tertiary/aromatic N) is 3. The molecule has 0 bridgehead atoms. The van der Waals surface area contributed by atoms with E-state index in [4.69, 9.17) is 9.26 Å². The first-order chi connectivity index (χ1) is 16.1. The number of halogens is 1. The summed E-state index contributed by atoms with van der Waals surface area (Å²) < 4.78 is 24.8. The van der Waals surface area contributed by atoms with Crippen LogP contribution >= 0.6 is 0 Å². The molecule has 0 spiro atoms. The zero-order chi connectivity index (χ0) is 24.6. The number of benzene rings is 1. The second kappa shape index (κ2) is 8.77. The van der Waals surface area contributed by atoms with Gasteiger partial charge in [0.05, 0.1) is 18.9 Å². The Balaban J connectivity index is 1.69. The molecule has 0 unspecified atom stereocenters. The fourth-order valence-electron chi connectivity index (χ4n) is 4.00. The van der Waals surface area contributed by atoms with Gasteiger partial charge in [-0.3, -0.25) is 9.59 Å². The molecule has 178 valence electrons. The van der Waals surface area contributed by atoms with Crippen molar-refractivity contribution in [3.63, 3.8) is 0 Å². The number of hydrogen-bond donors (Lipinski definition) is 2. The third-order valence-electron chi connectivity index (χ3n) is 5.65. The monoisotopic (exact) mass is 468 g/mol. The van der Waals surface area contributed by atoms with Crippen molar-refractivity contribution in [2.24, 2.45) is 0 Å². The molecule has 0 fully saturated rings. The fraction of sp³-hybridized carbons (Fsp3) is 0.333. The molecule has 1 aliphatic heterocycles. The largest absolute Gasteiger partial charge is 0.491 e. The molecule has 1 aliphatic rings. The van der Waals surface area contributed by atoms with Crippen LogP contribution in [-0.4, -0.2) is 45.6 Å². The van der Waals surface area contributed by atoms with E-state index in [9.17, 15) is 19.1 Å². The molecule has 4 rings (SSSR count). The first-order valence-electron chi connectivity index (χ1n) is 10.7. The number of hydrogen-bond acceptors (Lipinski definition) is 7. The lowest BCUT2D eigenvalue weighted by Gasteiger charge is -2.35. The summed E-state index contributed by atoms with van der Waals surface area (Å²) in [5.74, 6) is -1.87. The van der Waals surface area contributed by atoms with Crippen LogP contribution in [0.3, 0.4) is 0 Å². The summed E-state index contributed by atoms with van der Waals surface area (Å²) in [5.41, 5.74) is 1.50. The van der Waals surface area contributed by atoms with Crippen molar-refractivity contribution >= 4 is 17.5 Å². The van der Waals surface area contributed by atoms with Gasteiger partial charge in [0.15, 0.2) is 0 Å². The van der Waals surface area contributed by atoms with Crippen molar-refractivity contribution in [2.45, 2.75) is 38.6 Å². The van der Waals surface area contributed by atoms with Crippen LogP contribution in [0.25, 0.3) is 0 Å². The Morgan fingerprint density at radius 1 is 1.24 bits per heavy atom. The standard InChI is InChI=1S/C24H25FN4O5/c1-24(2,3)15-7-5-13(11-16(15)25)26-22(31)21-14-6-8-20(33-4)27-17(14)9-10-29(21)23(32)18-12-19(30)28-34-18/h5-8,11-12,21H,9-10H2,1-4H3,(H,26,31)(H,28,30)/t21-/m1/s1. The molecule has 0 aliphatic carbocycles. The molecule has 3 aromatic rings. The first kappa shape index (κ1) is 23.2. The average molecular weight is 468 g/mol.